The summed E-state index contributed by atoms with van der Waals surface area (Å²) in [5.74, 6) is 0.473. The van der Waals surface area contributed by atoms with E-state index in [1.807, 2.05) is 0 Å². The van der Waals surface area contributed by atoms with Crippen LogP contribution in [-0.2, 0) is 4.74 Å². The molecule has 0 saturated heterocycles. The van der Waals surface area contributed by atoms with Crippen LogP contribution in [0, 0.1) is 11.3 Å². The van der Waals surface area contributed by atoms with Gasteiger partial charge in [-0.25, -0.2) is 0 Å². The molecule has 0 heterocycles. The summed E-state index contributed by atoms with van der Waals surface area (Å²) in [7, 11) is 0. The lowest BCUT2D eigenvalue weighted by atomic mass is 9.75. The molecule has 0 rings (SSSR count). The highest BCUT2D eigenvalue weighted by atomic mass is 19.4. The van der Waals surface area contributed by atoms with Crippen LogP contribution >= 0.6 is 0 Å². The lowest BCUT2D eigenvalue weighted by Crippen LogP contribution is -2.39. The molecule has 0 fully saturated rings. The zero-order valence-corrected chi connectivity index (χ0v) is 12.7. The fraction of sp³-hybridized carbons (Fsp3) is 1.00. The minimum atomic E-state index is -4.22. The number of hydrogen-bond acceptors (Lipinski definition) is 2. The van der Waals surface area contributed by atoms with Gasteiger partial charge in [0.15, 0.2) is 0 Å². The van der Waals surface area contributed by atoms with Crippen LogP contribution in [0.1, 0.15) is 47.5 Å². The van der Waals surface area contributed by atoms with Crippen LogP contribution in [-0.4, -0.2) is 32.0 Å². The van der Waals surface area contributed by atoms with Crippen molar-refractivity contribution in [2.24, 2.45) is 11.3 Å². The van der Waals surface area contributed by atoms with E-state index in [0.29, 0.717) is 18.4 Å². The van der Waals surface area contributed by atoms with E-state index in [9.17, 15) is 13.2 Å². The Morgan fingerprint density at radius 2 is 1.68 bits per heavy atom. The summed E-state index contributed by atoms with van der Waals surface area (Å²) in [5, 5.41) is 3.41. The first-order chi connectivity index (χ1) is 8.57. The van der Waals surface area contributed by atoms with Crippen molar-refractivity contribution in [3.8, 4) is 0 Å². The molecule has 1 N–H and O–H groups in total. The van der Waals surface area contributed by atoms with E-state index in [4.69, 9.17) is 0 Å². The Balaban J connectivity index is 4.01. The summed E-state index contributed by atoms with van der Waals surface area (Å²) in [6, 6.07) is 0.416. The third kappa shape index (κ3) is 9.27. The first-order valence-corrected chi connectivity index (χ1v) is 6.95. The molecule has 1 atom stereocenters. The first-order valence-electron chi connectivity index (χ1n) is 6.95. The maximum atomic E-state index is 11.9. The number of rotatable bonds is 9. The van der Waals surface area contributed by atoms with Gasteiger partial charge < -0.3 is 10.1 Å². The van der Waals surface area contributed by atoms with E-state index in [-0.39, 0.29) is 12.0 Å². The molecule has 116 valence electrons. The van der Waals surface area contributed by atoms with Crippen LogP contribution in [0.15, 0.2) is 0 Å². The van der Waals surface area contributed by atoms with Gasteiger partial charge in [0.25, 0.3) is 0 Å². The number of nitrogens with one attached hydrogen (secondary N) is 1. The lowest BCUT2D eigenvalue weighted by Gasteiger charge is -2.35. The summed E-state index contributed by atoms with van der Waals surface area (Å²) in [5.41, 5.74) is 0.0891. The second kappa shape index (κ2) is 8.10. The molecule has 0 aromatic rings. The molecular weight excluding hydrogens is 255 g/mol. The normalized spacial score (nSPS) is 16.1. The van der Waals surface area contributed by atoms with E-state index in [1.165, 1.54) is 0 Å². The lowest BCUT2D eigenvalue weighted by molar-refractivity contribution is -0.174. The highest BCUT2D eigenvalue weighted by molar-refractivity contribution is 4.80. The molecule has 0 aromatic heterocycles. The average Bonchev–Trinajstić information content (AvgIpc) is 2.24. The third-order valence-electron chi connectivity index (χ3n) is 3.61. The molecule has 0 radical (unpaired) electrons. The minimum absolute atomic E-state index is 0.0891. The Morgan fingerprint density at radius 3 is 2.11 bits per heavy atom. The fourth-order valence-corrected chi connectivity index (χ4v) is 1.78. The average molecular weight is 283 g/mol. The quantitative estimate of drug-likeness (QED) is 0.646. The SMILES string of the molecule is CC(C)NCC(C)(CCCOCC(F)(F)F)C(C)C. The van der Waals surface area contributed by atoms with Gasteiger partial charge in [-0.05, 0) is 24.2 Å². The molecule has 0 aliphatic rings. The second-order valence-electron chi connectivity index (χ2n) is 6.12. The van der Waals surface area contributed by atoms with Crippen LogP contribution in [0.3, 0.4) is 0 Å². The highest BCUT2D eigenvalue weighted by Crippen LogP contribution is 2.31. The minimum Gasteiger partial charge on any atom is -0.372 e. The van der Waals surface area contributed by atoms with Crippen LogP contribution in [0.25, 0.3) is 0 Å². The Hall–Kier alpha value is -0.290. The van der Waals surface area contributed by atoms with Crippen LogP contribution in [0.5, 0.6) is 0 Å². The predicted molar refractivity (Wildman–Crippen MR) is 72.2 cm³/mol. The van der Waals surface area contributed by atoms with Crippen LogP contribution in [0.4, 0.5) is 13.2 Å². The molecule has 1 unspecified atom stereocenters. The Kier molecular flexibility index (Phi) is 7.98. The van der Waals surface area contributed by atoms with Gasteiger partial charge in [-0.2, -0.15) is 13.2 Å². The third-order valence-corrected chi connectivity index (χ3v) is 3.61. The zero-order valence-electron chi connectivity index (χ0n) is 12.7. The van der Waals surface area contributed by atoms with Crippen molar-refractivity contribution in [1.82, 2.24) is 5.32 Å². The van der Waals surface area contributed by atoms with Crippen molar-refractivity contribution < 1.29 is 17.9 Å². The van der Waals surface area contributed by atoms with E-state index in [0.717, 1.165) is 13.0 Å². The summed E-state index contributed by atoms with van der Waals surface area (Å²) in [6.45, 7) is 10.6. The number of hydrogen-bond donors (Lipinski definition) is 1. The highest BCUT2D eigenvalue weighted by Gasteiger charge is 2.29. The number of halogens is 3. The van der Waals surface area contributed by atoms with Crippen molar-refractivity contribution in [1.29, 1.82) is 0 Å². The molecule has 19 heavy (non-hydrogen) atoms. The summed E-state index contributed by atoms with van der Waals surface area (Å²) < 4.78 is 40.4. The molecule has 0 aromatic carbocycles. The molecule has 0 amide bonds. The van der Waals surface area contributed by atoms with E-state index >= 15 is 0 Å². The van der Waals surface area contributed by atoms with Crippen molar-refractivity contribution in [3.05, 3.63) is 0 Å². The predicted octanol–water partition coefficient (Wildman–Crippen LogP) is 4.01. The monoisotopic (exact) mass is 283 g/mol. The second-order valence-corrected chi connectivity index (χ2v) is 6.12. The Bertz CT molecular complexity index is 241. The zero-order chi connectivity index (χ0) is 15.1. The van der Waals surface area contributed by atoms with E-state index in [2.05, 4.69) is 44.7 Å². The molecule has 2 nitrogen and oxygen atoms in total. The largest absolute Gasteiger partial charge is 0.411 e. The van der Waals surface area contributed by atoms with Gasteiger partial charge in [0.05, 0.1) is 0 Å². The molecule has 0 saturated carbocycles. The summed E-state index contributed by atoms with van der Waals surface area (Å²) in [6.07, 6.45) is -2.70. The Morgan fingerprint density at radius 1 is 1.11 bits per heavy atom. The van der Waals surface area contributed by atoms with Gasteiger partial charge in [-0.1, -0.05) is 34.6 Å². The smallest absolute Gasteiger partial charge is 0.372 e. The first kappa shape index (κ1) is 18.7. The standard InChI is InChI=1S/C14H28F3NO/c1-11(2)13(5,9-18-12(3)4)7-6-8-19-10-14(15,16)17/h11-12,18H,6-10H2,1-5H3. The number of alkyl halides is 3. The van der Waals surface area contributed by atoms with Gasteiger partial charge in [0.2, 0.25) is 0 Å². The molecule has 0 aliphatic carbocycles. The molecule has 0 aliphatic heterocycles. The van der Waals surface area contributed by atoms with Crippen molar-refractivity contribution >= 4 is 0 Å². The van der Waals surface area contributed by atoms with Gasteiger partial charge >= 0.3 is 6.18 Å². The summed E-state index contributed by atoms with van der Waals surface area (Å²) >= 11 is 0. The van der Waals surface area contributed by atoms with Crippen molar-refractivity contribution in [2.45, 2.75) is 59.7 Å². The van der Waals surface area contributed by atoms with Crippen molar-refractivity contribution in [2.75, 3.05) is 19.8 Å². The molecule has 0 bridgehead atoms. The van der Waals surface area contributed by atoms with Gasteiger partial charge in [-0.15, -0.1) is 0 Å². The van der Waals surface area contributed by atoms with E-state index < -0.39 is 12.8 Å². The Labute approximate surface area is 115 Å². The maximum Gasteiger partial charge on any atom is 0.411 e. The van der Waals surface area contributed by atoms with Gasteiger partial charge in [0.1, 0.15) is 6.61 Å². The topological polar surface area (TPSA) is 21.3 Å². The molecular formula is C14H28F3NO. The van der Waals surface area contributed by atoms with Crippen LogP contribution in [0.2, 0.25) is 0 Å². The van der Waals surface area contributed by atoms with Gasteiger partial charge in [0, 0.05) is 19.2 Å². The molecule has 0 spiro atoms. The summed E-state index contributed by atoms with van der Waals surface area (Å²) in [4.78, 5) is 0. The molecule has 5 heteroatoms. The fourth-order valence-electron chi connectivity index (χ4n) is 1.78. The van der Waals surface area contributed by atoms with Crippen molar-refractivity contribution in [3.63, 3.8) is 0 Å². The number of ether oxygens (including phenoxy) is 1. The van der Waals surface area contributed by atoms with Crippen LogP contribution < -0.4 is 5.32 Å². The maximum absolute atomic E-state index is 11.9. The van der Waals surface area contributed by atoms with Gasteiger partial charge in [-0.3, -0.25) is 0 Å². The van der Waals surface area contributed by atoms with E-state index in [1.54, 1.807) is 0 Å².